The molecule has 3 heterocycles. The topological polar surface area (TPSA) is 109 Å². The van der Waals surface area contributed by atoms with E-state index in [1.807, 2.05) is 35.7 Å². The number of halogens is 1. The standard InChI is InChI=1S/C25H22ClN3O5S2/c26-20-10-9-17(36(32,33)29-11-5-2-6-12-29)13-18(20)25(31)34-14-21-27-23(30)22-19(15-35-24(22)28-21)16-7-3-1-4-8-16/h1,3-4,7-10,13,15H,2,5-6,11-12,14H2,(H,27,28,30). The maximum atomic E-state index is 13.0. The average Bonchev–Trinajstić information content (AvgIpc) is 3.33. The fourth-order valence-corrected chi connectivity index (χ4v) is 6.88. The summed E-state index contributed by atoms with van der Waals surface area (Å²) in [7, 11) is -3.74. The minimum Gasteiger partial charge on any atom is -0.454 e. The number of carbonyl (C=O) groups is 1. The van der Waals surface area contributed by atoms with E-state index in [0.717, 1.165) is 30.4 Å². The van der Waals surface area contributed by atoms with Crippen LogP contribution in [-0.2, 0) is 21.4 Å². The fraction of sp³-hybridized carbons (Fsp3) is 0.240. The van der Waals surface area contributed by atoms with E-state index in [4.69, 9.17) is 16.3 Å². The number of nitrogens with one attached hydrogen (secondary N) is 1. The molecule has 36 heavy (non-hydrogen) atoms. The second kappa shape index (κ2) is 10.1. The van der Waals surface area contributed by atoms with Crippen LogP contribution in [0.4, 0.5) is 0 Å². The molecule has 1 aliphatic rings. The number of piperidine rings is 1. The zero-order chi connectivity index (χ0) is 25.3. The molecule has 0 unspecified atom stereocenters. The molecule has 2 aromatic heterocycles. The number of ether oxygens (including phenoxy) is 1. The molecule has 186 valence electrons. The maximum absolute atomic E-state index is 13.0. The van der Waals surface area contributed by atoms with Crippen LogP contribution < -0.4 is 5.56 Å². The molecule has 4 aromatic rings. The van der Waals surface area contributed by atoms with E-state index in [-0.39, 0.29) is 33.5 Å². The maximum Gasteiger partial charge on any atom is 0.340 e. The Labute approximate surface area is 216 Å². The van der Waals surface area contributed by atoms with Crippen LogP contribution in [0.25, 0.3) is 21.3 Å². The average molecular weight is 544 g/mol. The molecular formula is C25H22ClN3O5S2. The van der Waals surface area contributed by atoms with E-state index in [9.17, 15) is 18.0 Å². The highest BCUT2D eigenvalue weighted by atomic mass is 35.5. The van der Waals surface area contributed by atoms with Gasteiger partial charge >= 0.3 is 5.97 Å². The highest BCUT2D eigenvalue weighted by Crippen LogP contribution is 2.30. The van der Waals surface area contributed by atoms with Crippen molar-refractivity contribution in [2.45, 2.75) is 30.8 Å². The smallest absolute Gasteiger partial charge is 0.340 e. The normalized spacial score (nSPS) is 14.7. The molecule has 0 aliphatic carbocycles. The summed E-state index contributed by atoms with van der Waals surface area (Å²) in [6.45, 7) is 0.587. The van der Waals surface area contributed by atoms with E-state index >= 15 is 0 Å². The Kier molecular flexibility index (Phi) is 6.94. The molecule has 5 rings (SSSR count). The first-order valence-electron chi connectivity index (χ1n) is 11.4. The van der Waals surface area contributed by atoms with E-state index in [0.29, 0.717) is 23.3 Å². The van der Waals surface area contributed by atoms with Gasteiger partial charge in [0.05, 0.1) is 20.9 Å². The predicted octanol–water partition coefficient (Wildman–Crippen LogP) is 4.84. The summed E-state index contributed by atoms with van der Waals surface area (Å²) < 4.78 is 32.8. The summed E-state index contributed by atoms with van der Waals surface area (Å²) in [6.07, 6.45) is 2.59. The lowest BCUT2D eigenvalue weighted by Crippen LogP contribution is -2.35. The van der Waals surface area contributed by atoms with E-state index in [1.165, 1.54) is 33.8 Å². The third-order valence-electron chi connectivity index (χ3n) is 6.03. The van der Waals surface area contributed by atoms with E-state index in [2.05, 4.69) is 9.97 Å². The lowest BCUT2D eigenvalue weighted by molar-refractivity contribution is 0.0462. The number of carbonyl (C=O) groups excluding carboxylic acids is 1. The zero-order valence-electron chi connectivity index (χ0n) is 19.1. The first-order chi connectivity index (χ1) is 17.3. The van der Waals surface area contributed by atoms with Gasteiger partial charge in [0.25, 0.3) is 5.56 Å². The molecule has 1 aliphatic heterocycles. The SMILES string of the molecule is O=C(OCc1nc2scc(-c3ccccc3)c2c(=O)[nH]1)c1cc(S(=O)(=O)N2CCCCC2)ccc1Cl. The number of rotatable bonds is 6. The monoisotopic (exact) mass is 543 g/mol. The van der Waals surface area contributed by atoms with Crippen molar-refractivity contribution >= 4 is 49.1 Å². The van der Waals surface area contributed by atoms with Crippen molar-refractivity contribution in [1.29, 1.82) is 0 Å². The molecule has 0 saturated carbocycles. The minimum absolute atomic E-state index is 0.0132. The number of H-pyrrole nitrogens is 1. The van der Waals surface area contributed by atoms with Crippen LogP contribution in [0.5, 0.6) is 0 Å². The van der Waals surface area contributed by atoms with Gasteiger partial charge < -0.3 is 9.72 Å². The third kappa shape index (κ3) is 4.81. The summed E-state index contributed by atoms with van der Waals surface area (Å²) >= 11 is 7.52. The predicted molar refractivity (Wildman–Crippen MR) is 139 cm³/mol. The Morgan fingerprint density at radius 3 is 2.61 bits per heavy atom. The lowest BCUT2D eigenvalue weighted by atomic mass is 10.1. The molecule has 1 N–H and O–H groups in total. The highest BCUT2D eigenvalue weighted by molar-refractivity contribution is 7.89. The van der Waals surface area contributed by atoms with E-state index in [1.54, 1.807) is 0 Å². The minimum atomic E-state index is -3.74. The van der Waals surface area contributed by atoms with Crippen molar-refractivity contribution in [3.05, 3.63) is 80.7 Å². The van der Waals surface area contributed by atoms with Gasteiger partial charge in [-0.3, -0.25) is 4.79 Å². The molecule has 0 amide bonds. The largest absolute Gasteiger partial charge is 0.454 e. The molecular weight excluding hydrogens is 522 g/mol. The summed E-state index contributed by atoms with van der Waals surface area (Å²) in [6, 6.07) is 13.5. The van der Waals surface area contributed by atoms with Crippen LogP contribution in [0.3, 0.4) is 0 Å². The molecule has 0 spiro atoms. The number of hydrogen-bond acceptors (Lipinski definition) is 7. The van der Waals surface area contributed by atoms with Gasteiger partial charge in [0.15, 0.2) is 0 Å². The Bertz CT molecular complexity index is 1590. The number of aromatic nitrogens is 2. The second-order valence-electron chi connectivity index (χ2n) is 8.39. The van der Waals surface area contributed by atoms with Gasteiger partial charge in [-0.05, 0) is 36.6 Å². The zero-order valence-corrected chi connectivity index (χ0v) is 21.5. The Balaban J connectivity index is 1.36. The molecule has 8 nitrogen and oxygen atoms in total. The van der Waals surface area contributed by atoms with Gasteiger partial charge in [-0.1, -0.05) is 48.4 Å². The number of aromatic amines is 1. The highest BCUT2D eigenvalue weighted by Gasteiger charge is 2.27. The Morgan fingerprint density at radius 1 is 1.11 bits per heavy atom. The first-order valence-corrected chi connectivity index (χ1v) is 14.1. The van der Waals surface area contributed by atoms with Crippen molar-refractivity contribution in [3.8, 4) is 11.1 Å². The van der Waals surface area contributed by atoms with Crippen molar-refractivity contribution < 1.29 is 17.9 Å². The van der Waals surface area contributed by atoms with Gasteiger partial charge in [0.2, 0.25) is 10.0 Å². The Morgan fingerprint density at radius 2 is 1.86 bits per heavy atom. The molecule has 0 bridgehead atoms. The van der Waals surface area contributed by atoms with Crippen LogP contribution in [0, 0.1) is 0 Å². The first kappa shape index (κ1) is 24.6. The number of nitrogens with zero attached hydrogens (tertiary/aromatic N) is 2. The van der Waals surface area contributed by atoms with Gasteiger partial charge in [0, 0.05) is 24.0 Å². The summed E-state index contributed by atoms with van der Waals surface area (Å²) in [5.41, 5.74) is 1.29. The number of sulfonamides is 1. The van der Waals surface area contributed by atoms with Crippen LogP contribution >= 0.6 is 22.9 Å². The van der Waals surface area contributed by atoms with Crippen LogP contribution in [0.2, 0.25) is 5.02 Å². The second-order valence-corrected chi connectivity index (χ2v) is 11.6. The molecule has 11 heteroatoms. The van der Waals surface area contributed by atoms with Gasteiger partial charge in [-0.2, -0.15) is 4.31 Å². The number of benzene rings is 2. The lowest BCUT2D eigenvalue weighted by Gasteiger charge is -2.26. The van der Waals surface area contributed by atoms with Crippen LogP contribution in [0.15, 0.2) is 63.6 Å². The molecule has 0 atom stereocenters. The quantitative estimate of drug-likeness (QED) is 0.349. The molecule has 0 radical (unpaired) electrons. The van der Waals surface area contributed by atoms with Gasteiger partial charge in [0.1, 0.15) is 17.3 Å². The van der Waals surface area contributed by atoms with Crippen LogP contribution in [0.1, 0.15) is 35.4 Å². The Hall–Kier alpha value is -3.05. The van der Waals surface area contributed by atoms with Crippen molar-refractivity contribution in [2.24, 2.45) is 0 Å². The number of esters is 1. The summed E-state index contributed by atoms with van der Waals surface area (Å²) in [5.74, 6) is -0.634. The number of hydrogen-bond donors (Lipinski definition) is 1. The molecule has 1 saturated heterocycles. The van der Waals surface area contributed by atoms with Crippen molar-refractivity contribution in [3.63, 3.8) is 0 Å². The summed E-state index contributed by atoms with van der Waals surface area (Å²) in [5, 5.41) is 2.41. The summed E-state index contributed by atoms with van der Waals surface area (Å²) in [4.78, 5) is 33.2. The van der Waals surface area contributed by atoms with Crippen molar-refractivity contribution in [2.75, 3.05) is 13.1 Å². The fourth-order valence-electron chi connectivity index (χ4n) is 4.18. The van der Waals surface area contributed by atoms with Crippen molar-refractivity contribution in [1.82, 2.24) is 14.3 Å². The number of thiophene rings is 1. The molecule has 2 aromatic carbocycles. The van der Waals surface area contributed by atoms with Gasteiger partial charge in [-0.25, -0.2) is 18.2 Å². The van der Waals surface area contributed by atoms with Gasteiger partial charge in [-0.15, -0.1) is 11.3 Å². The molecule has 1 fully saturated rings. The van der Waals surface area contributed by atoms with E-state index < -0.39 is 16.0 Å². The van der Waals surface area contributed by atoms with Crippen LogP contribution in [-0.4, -0.2) is 41.7 Å². The third-order valence-corrected chi connectivity index (χ3v) is 9.12. The number of fused-ring (bicyclic) bond motifs is 1.